The molecule has 92 valence electrons. The summed E-state index contributed by atoms with van der Waals surface area (Å²) < 4.78 is 38.3. The SMILES string of the molecule is [O-][Cl+3]([O-])([O-])Oc1cccc2c[n+]3ccsc3cc12. The van der Waals surface area contributed by atoms with Crippen LogP contribution >= 0.6 is 11.3 Å². The number of hydrogen-bond acceptors (Lipinski definition) is 5. The van der Waals surface area contributed by atoms with Crippen molar-refractivity contribution in [2.45, 2.75) is 0 Å². The zero-order chi connectivity index (χ0) is 12.8. The van der Waals surface area contributed by atoms with E-state index in [1.807, 2.05) is 28.2 Å². The molecule has 0 saturated heterocycles. The summed E-state index contributed by atoms with van der Waals surface area (Å²) in [6.45, 7) is 0. The van der Waals surface area contributed by atoms with Crippen LogP contribution in [0.5, 0.6) is 5.75 Å². The molecule has 0 radical (unpaired) electrons. The van der Waals surface area contributed by atoms with Crippen LogP contribution in [-0.2, 0) is 0 Å². The largest absolute Gasteiger partial charge is 0.296 e. The normalized spacial score (nSPS) is 12.2. The molecule has 3 rings (SSSR count). The first-order valence-electron chi connectivity index (χ1n) is 4.94. The quantitative estimate of drug-likeness (QED) is 0.560. The van der Waals surface area contributed by atoms with Gasteiger partial charge in [-0.15, -0.1) is 0 Å². The molecule has 0 saturated carbocycles. The lowest BCUT2D eigenvalue weighted by Crippen LogP contribution is -2.63. The Kier molecular flexibility index (Phi) is 2.61. The molecule has 18 heavy (non-hydrogen) atoms. The molecule has 3 aromatic rings. The van der Waals surface area contributed by atoms with Crippen LogP contribution in [0.25, 0.3) is 15.6 Å². The Morgan fingerprint density at radius 2 is 2.06 bits per heavy atom. The van der Waals surface area contributed by atoms with Crippen molar-refractivity contribution < 1.29 is 32.9 Å². The molecule has 0 aliphatic rings. The van der Waals surface area contributed by atoms with Gasteiger partial charge in [0.2, 0.25) is 0 Å². The van der Waals surface area contributed by atoms with Gasteiger partial charge in [0, 0.05) is 6.07 Å². The molecule has 0 spiro atoms. The van der Waals surface area contributed by atoms with Gasteiger partial charge in [0.1, 0.15) is 10.2 Å². The lowest BCUT2D eigenvalue weighted by Gasteiger charge is -2.12. The average molecular weight is 285 g/mol. The fourth-order valence-electron chi connectivity index (χ4n) is 1.79. The number of hydrogen-bond donors (Lipinski definition) is 0. The zero-order valence-electron chi connectivity index (χ0n) is 8.91. The van der Waals surface area contributed by atoms with Crippen molar-refractivity contribution in [1.82, 2.24) is 0 Å². The van der Waals surface area contributed by atoms with E-state index < -0.39 is 10.2 Å². The topological polar surface area (TPSA) is 82.5 Å². The van der Waals surface area contributed by atoms with Gasteiger partial charge in [-0.25, -0.2) is 0 Å². The number of thiazole rings is 1. The van der Waals surface area contributed by atoms with Crippen molar-refractivity contribution in [1.29, 1.82) is 0 Å². The minimum absolute atomic E-state index is 0.0417. The maximum atomic E-state index is 10.6. The summed E-state index contributed by atoms with van der Waals surface area (Å²) in [6.07, 6.45) is 3.75. The Morgan fingerprint density at radius 1 is 1.22 bits per heavy atom. The first-order valence-corrected chi connectivity index (χ1v) is 7.06. The lowest BCUT2D eigenvalue weighted by atomic mass is 10.1. The van der Waals surface area contributed by atoms with Crippen molar-refractivity contribution in [2.75, 3.05) is 0 Å². The highest BCUT2D eigenvalue weighted by Gasteiger charge is 2.23. The predicted molar refractivity (Wildman–Crippen MR) is 55.6 cm³/mol. The number of pyridine rings is 1. The number of fused-ring (bicyclic) bond motifs is 2. The highest BCUT2D eigenvalue weighted by atomic mass is 35.7. The fourth-order valence-corrected chi connectivity index (χ4v) is 2.88. The van der Waals surface area contributed by atoms with Crippen molar-refractivity contribution in [3.05, 3.63) is 42.0 Å². The third kappa shape index (κ3) is 2.12. The Hall–Kier alpha value is -1.44. The molecule has 7 heteroatoms. The average Bonchev–Trinajstić information content (AvgIpc) is 2.71. The monoisotopic (exact) mass is 284 g/mol. The first-order chi connectivity index (χ1) is 8.53. The summed E-state index contributed by atoms with van der Waals surface area (Å²) in [6, 6.07) is 6.70. The Morgan fingerprint density at radius 3 is 2.83 bits per heavy atom. The van der Waals surface area contributed by atoms with Crippen LogP contribution in [0.2, 0.25) is 0 Å². The molecule has 0 atom stereocenters. The maximum Gasteiger partial charge on any atom is 0.296 e. The van der Waals surface area contributed by atoms with Gasteiger partial charge in [0.25, 0.3) is 10.6 Å². The van der Waals surface area contributed by atoms with E-state index in [1.165, 1.54) is 17.4 Å². The van der Waals surface area contributed by atoms with Crippen LogP contribution in [-0.4, -0.2) is 0 Å². The Balaban J connectivity index is 2.25. The molecule has 0 aliphatic carbocycles. The number of rotatable bonds is 2. The zero-order valence-corrected chi connectivity index (χ0v) is 10.5. The number of nitrogens with zero attached hydrogens (tertiary/aromatic N) is 1. The van der Waals surface area contributed by atoms with Gasteiger partial charge < -0.3 is 0 Å². The molecule has 5 nitrogen and oxygen atoms in total. The van der Waals surface area contributed by atoms with E-state index >= 15 is 0 Å². The third-order valence-corrected chi connectivity index (χ3v) is 3.67. The summed E-state index contributed by atoms with van der Waals surface area (Å²) in [5.74, 6) is 0.0417. The highest BCUT2D eigenvalue weighted by Crippen LogP contribution is 2.27. The van der Waals surface area contributed by atoms with E-state index in [9.17, 15) is 14.0 Å². The molecule has 0 N–H and O–H groups in total. The summed E-state index contributed by atoms with van der Waals surface area (Å²) in [4.78, 5) is 0.929. The maximum absolute atomic E-state index is 10.6. The summed E-state index contributed by atoms with van der Waals surface area (Å²) >= 11 is 1.51. The van der Waals surface area contributed by atoms with Crippen molar-refractivity contribution >= 4 is 26.9 Å². The van der Waals surface area contributed by atoms with Crippen LogP contribution in [0.15, 0.2) is 42.0 Å². The summed E-state index contributed by atoms with van der Waals surface area (Å²) in [5.41, 5.74) is 0. The van der Waals surface area contributed by atoms with Crippen molar-refractivity contribution in [3.63, 3.8) is 0 Å². The molecule has 1 aromatic carbocycles. The number of halogens is 1. The summed E-state index contributed by atoms with van der Waals surface area (Å²) in [7, 11) is -4.48. The van der Waals surface area contributed by atoms with Crippen LogP contribution < -0.4 is 22.7 Å². The number of benzene rings is 1. The van der Waals surface area contributed by atoms with Gasteiger partial charge in [-0.1, -0.05) is 21.7 Å². The summed E-state index contributed by atoms with van der Waals surface area (Å²) in [5, 5.41) is 3.30. The molecule has 2 heterocycles. The predicted octanol–water partition coefficient (Wildman–Crippen LogP) is -1.08. The lowest BCUT2D eigenvalue weighted by molar-refractivity contribution is -1.91. The van der Waals surface area contributed by atoms with Gasteiger partial charge in [-0.2, -0.15) is 18.4 Å². The molecule has 0 amide bonds. The van der Waals surface area contributed by atoms with Crippen molar-refractivity contribution in [2.24, 2.45) is 0 Å². The van der Waals surface area contributed by atoms with Crippen LogP contribution in [0.1, 0.15) is 0 Å². The van der Waals surface area contributed by atoms with Crippen molar-refractivity contribution in [3.8, 4) is 5.75 Å². The van der Waals surface area contributed by atoms with Gasteiger partial charge in [-0.05, 0) is 12.1 Å². The molecular formula is C11H7ClNO4S+. The van der Waals surface area contributed by atoms with Gasteiger partial charge in [-0.3, -0.25) is 0 Å². The molecular weight excluding hydrogens is 278 g/mol. The van der Waals surface area contributed by atoms with E-state index in [0.717, 1.165) is 10.2 Å². The van der Waals surface area contributed by atoms with Gasteiger partial charge in [0.05, 0.1) is 16.2 Å². The van der Waals surface area contributed by atoms with E-state index in [4.69, 9.17) is 0 Å². The second-order valence-electron chi connectivity index (χ2n) is 3.64. The molecule has 0 bridgehead atoms. The Labute approximate surface area is 108 Å². The first kappa shape index (κ1) is 11.6. The molecule has 0 unspecified atom stereocenters. The van der Waals surface area contributed by atoms with E-state index in [-0.39, 0.29) is 5.75 Å². The smallest absolute Gasteiger partial charge is 0.167 e. The highest BCUT2D eigenvalue weighted by molar-refractivity contribution is 7.15. The standard InChI is InChI=1S/C11H7ClNO4S/c14-12(15,16)17-10-3-1-2-8-7-13-4-5-18-11(13)6-9(8)10/h1-7H/q+1. The van der Waals surface area contributed by atoms with Crippen LogP contribution in [0.3, 0.4) is 0 Å². The van der Waals surface area contributed by atoms with E-state index in [2.05, 4.69) is 4.29 Å². The third-order valence-electron chi connectivity index (χ3n) is 2.49. The molecule has 2 aromatic heterocycles. The van der Waals surface area contributed by atoms with Gasteiger partial charge in [0.15, 0.2) is 12.4 Å². The van der Waals surface area contributed by atoms with Crippen LogP contribution in [0.4, 0.5) is 0 Å². The molecule has 0 fully saturated rings. The van der Waals surface area contributed by atoms with Crippen LogP contribution in [0, 0.1) is 10.2 Å². The fraction of sp³-hybridized carbons (Fsp3) is 0. The second-order valence-corrected chi connectivity index (χ2v) is 5.47. The second kappa shape index (κ2) is 4.04. The van der Waals surface area contributed by atoms with E-state index in [1.54, 1.807) is 12.1 Å². The van der Waals surface area contributed by atoms with E-state index in [0.29, 0.717) is 5.39 Å². The number of aromatic nitrogens is 1. The molecule has 0 aliphatic heterocycles. The van der Waals surface area contributed by atoms with Gasteiger partial charge >= 0.3 is 0 Å². The minimum Gasteiger partial charge on any atom is -0.167 e. The minimum atomic E-state index is -4.48. The Bertz CT molecular complexity index is 722.